The van der Waals surface area contributed by atoms with Crippen molar-refractivity contribution in [1.29, 1.82) is 0 Å². The highest BCUT2D eigenvalue weighted by Crippen LogP contribution is 2.21. The number of carbonyl (C=O) groups is 1. The minimum atomic E-state index is -3.91. The van der Waals surface area contributed by atoms with Crippen molar-refractivity contribution in [3.8, 4) is 0 Å². The van der Waals surface area contributed by atoms with Gasteiger partial charge in [0.2, 0.25) is 15.9 Å². The Morgan fingerprint density at radius 1 is 1.00 bits per heavy atom. The Bertz CT molecular complexity index is 1300. The Morgan fingerprint density at radius 3 is 2.32 bits per heavy atom. The number of ether oxygens (including phenoxy) is 1. The third-order valence-corrected chi connectivity index (χ3v) is 9.55. The zero-order chi connectivity index (χ0) is 27.1. The number of hydrogen-bond donors (Lipinski definition) is 0. The quantitative estimate of drug-likeness (QED) is 0.355. The van der Waals surface area contributed by atoms with Gasteiger partial charge in [-0.1, -0.05) is 29.8 Å². The average Bonchev–Trinajstić information content (AvgIpc) is 3.32. The van der Waals surface area contributed by atoms with E-state index >= 15 is 0 Å². The molecule has 7 nitrogen and oxygen atoms in total. The number of halogens is 1. The van der Waals surface area contributed by atoms with Crippen LogP contribution in [-0.4, -0.2) is 74.4 Å². The summed E-state index contributed by atoms with van der Waals surface area (Å²) < 4.78 is 47.6. The molecule has 2 heterocycles. The Kier molecular flexibility index (Phi) is 9.67. The number of carbonyl (C=O) groups excluding carboxylic acids is 1. The summed E-state index contributed by atoms with van der Waals surface area (Å²) in [6.07, 6.45) is 0. The van der Waals surface area contributed by atoms with E-state index in [4.69, 9.17) is 4.74 Å². The molecule has 1 aliphatic rings. The number of thiophene rings is 1. The second kappa shape index (κ2) is 12.9. The van der Waals surface area contributed by atoms with Gasteiger partial charge in [0.25, 0.3) is 0 Å². The zero-order valence-corrected chi connectivity index (χ0v) is 23.4. The van der Waals surface area contributed by atoms with E-state index in [1.807, 2.05) is 25.3 Å². The first-order valence-corrected chi connectivity index (χ1v) is 15.0. The number of benzene rings is 2. The molecule has 1 amide bonds. The van der Waals surface area contributed by atoms with E-state index in [2.05, 4.69) is 4.90 Å². The Hall–Kier alpha value is -2.63. The molecule has 4 rings (SSSR count). The maximum atomic E-state index is 13.8. The highest BCUT2D eigenvalue weighted by Gasteiger charge is 2.29. The van der Waals surface area contributed by atoms with E-state index in [0.717, 1.165) is 34.7 Å². The predicted octanol–water partition coefficient (Wildman–Crippen LogP) is 4.06. The molecular weight excluding hydrogens is 525 g/mol. The summed E-state index contributed by atoms with van der Waals surface area (Å²) in [6.45, 7) is 7.55. The monoisotopic (exact) mass is 559 g/mol. The fourth-order valence-electron chi connectivity index (χ4n) is 4.25. The third kappa shape index (κ3) is 7.48. The lowest BCUT2D eigenvalue weighted by molar-refractivity contribution is -0.132. The fraction of sp³-hybridized carbons (Fsp3) is 0.393. The predicted molar refractivity (Wildman–Crippen MR) is 147 cm³/mol. The van der Waals surface area contributed by atoms with Crippen molar-refractivity contribution in [2.75, 3.05) is 45.9 Å². The minimum Gasteiger partial charge on any atom is -0.379 e. The first kappa shape index (κ1) is 28.4. The lowest BCUT2D eigenvalue weighted by Crippen LogP contribution is -2.47. The van der Waals surface area contributed by atoms with Gasteiger partial charge in [-0.25, -0.2) is 12.8 Å². The van der Waals surface area contributed by atoms with Crippen molar-refractivity contribution in [3.05, 3.63) is 87.4 Å². The van der Waals surface area contributed by atoms with Gasteiger partial charge in [-0.05, 0) is 60.7 Å². The molecule has 0 N–H and O–H groups in total. The molecule has 1 fully saturated rings. The number of hydrogen-bond acceptors (Lipinski definition) is 6. The molecule has 0 spiro atoms. The normalized spacial score (nSPS) is 14.6. The summed E-state index contributed by atoms with van der Waals surface area (Å²) in [6, 6.07) is 14.7. The molecule has 0 aliphatic carbocycles. The molecule has 3 aromatic rings. The lowest BCUT2D eigenvalue weighted by Gasteiger charge is -2.31. The maximum Gasteiger partial charge on any atom is 0.243 e. The van der Waals surface area contributed by atoms with Gasteiger partial charge < -0.3 is 9.64 Å². The molecular formula is C28H34FN3O4S2. The second-order valence-corrected chi connectivity index (χ2v) is 12.4. The maximum absolute atomic E-state index is 13.8. The van der Waals surface area contributed by atoms with Crippen molar-refractivity contribution in [2.24, 2.45) is 0 Å². The van der Waals surface area contributed by atoms with Crippen molar-refractivity contribution >= 4 is 27.3 Å². The number of aryl methyl sites for hydroxylation is 2. The van der Waals surface area contributed by atoms with Crippen LogP contribution in [0.15, 0.2) is 64.9 Å². The Labute approximate surface area is 228 Å². The number of sulfonamides is 1. The van der Waals surface area contributed by atoms with Gasteiger partial charge in [-0.2, -0.15) is 4.31 Å². The topological polar surface area (TPSA) is 70.2 Å². The van der Waals surface area contributed by atoms with Gasteiger partial charge in [0.15, 0.2) is 0 Å². The highest BCUT2D eigenvalue weighted by molar-refractivity contribution is 7.89. The lowest BCUT2D eigenvalue weighted by atomic mass is 10.2. The van der Waals surface area contributed by atoms with Crippen molar-refractivity contribution in [3.63, 3.8) is 0 Å². The van der Waals surface area contributed by atoms with Gasteiger partial charge in [-0.15, -0.1) is 11.3 Å². The van der Waals surface area contributed by atoms with Crippen LogP contribution in [0, 0.1) is 19.7 Å². The summed E-state index contributed by atoms with van der Waals surface area (Å²) in [5.74, 6) is -0.654. The molecule has 10 heteroatoms. The molecule has 1 aliphatic heterocycles. The van der Waals surface area contributed by atoms with Crippen LogP contribution in [0.1, 0.15) is 21.6 Å². The van der Waals surface area contributed by atoms with Crippen LogP contribution in [0.4, 0.5) is 4.39 Å². The van der Waals surface area contributed by atoms with E-state index in [-0.39, 0.29) is 36.3 Å². The average molecular weight is 560 g/mol. The second-order valence-electron chi connectivity index (χ2n) is 9.51. The van der Waals surface area contributed by atoms with E-state index in [0.29, 0.717) is 26.3 Å². The van der Waals surface area contributed by atoms with Crippen LogP contribution in [0.5, 0.6) is 0 Å². The highest BCUT2D eigenvalue weighted by atomic mass is 32.2. The van der Waals surface area contributed by atoms with Crippen molar-refractivity contribution < 1.29 is 22.3 Å². The summed E-state index contributed by atoms with van der Waals surface area (Å²) in [5, 5.41) is 1.97. The third-order valence-electron chi connectivity index (χ3n) is 6.68. The first-order chi connectivity index (χ1) is 18.2. The summed E-state index contributed by atoms with van der Waals surface area (Å²) >= 11 is 1.56. The SMILES string of the molecule is Cc1ccc(S(=O)(=O)N(CCN2CCOCC2)CC(=O)N(Cc2ccc(F)cc2)Cc2sccc2C)cc1. The van der Waals surface area contributed by atoms with Crippen LogP contribution in [0.3, 0.4) is 0 Å². The van der Waals surface area contributed by atoms with Gasteiger partial charge in [0, 0.05) is 37.6 Å². The molecule has 2 aromatic carbocycles. The molecule has 0 unspecified atom stereocenters. The minimum absolute atomic E-state index is 0.164. The number of amides is 1. The van der Waals surface area contributed by atoms with E-state index in [1.54, 1.807) is 52.6 Å². The van der Waals surface area contributed by atoms with Gasteiger partial charge in [0.05, 0.1) is 31.2 Å². The van der Waals surface area contributed by atoms with Gasteiger partial charge >= 0.3 is 0 Å². The van der Waals surface area contributed by atoms with Crippen molar-refractivity contribution in [2.45, 2.75) is 31.8 Å². The molecule has 0 radical (unpaired) electrons. The molecule has 1 saturated heterocycles. The van der Waals surface area contributed by atoms with Gasteiger partial charge in [-0.3, -0.25) is 9.69 Å². The number of morpholine rings is 1. The molecule has 0 atom stereocenters. The summed E-state index contributed by atoms with van der Waals surface area (Å²) in [7, 11) is -3.91. The van der Waals surface area contributed by atoms with Crippen LogP contribution < -0.4 is 0 Å². The number of rotatable bonds is 11. The number of nitrogens with zero attached hydrogens (tertiary/aromatic N) is 3. The fourth-order valence-corrected chi connectivity index (χ4v) is 6.56. The van der Waals surface area contributed by atoms with E-state index in [1.165, 1.54) is 16.4 Å². The van der Waals surface area contributed by atoms with Crippen LogP contribution >= 0.6 is 11.3 Å². The van der Waals surface area contributed by atoms with E-state index < -0.39 is 10.0 Å². The van der Waals surface area contributed by atoms with Crippen LogP contribution in [0.2, 0.25) is 0 Å². The molecule has 204 valence electrons. The Morgan fingerprint density at radius 2 is 1.68 bits per heavy atom. The standard InChI is InChI=1S/C28H34FN3O4S2/c1-22-3-9-26(10-4-22)38(34,35)32(13-12-30-14-16-36-17-15-30)21-28(33)31(20-27-23(2)11-18-37-27)19-24-5-7-25(29)8-6-24/h3-11,18H,12-17,19-21H2,1-2H3. The molecule has 1 aromatic heterocycles. The van der Waals surface area contributed by atoms with Crippen LogP contribution in [-0.2, 0) is 32.6 Å². The molecule has 38 heavy (non-hydrogen) atoms. The van der Waals surface area contributed by atoms with Gasteiger partial charge in [0.1, 0.15) is 5.82 Å². The first-order valence-electron chi connectivity index (χ1n) is 12.6. The zero-order valence-electron chi connectivity index (χ0n) is 21.8. The molecule has 0 bridgehead atoms. The summed E-state index contributed by atoms with van der Waals surface area (Å²) in [5.41, 5.74) is 2.80. The van der Waals surface area contributed by atoms with Crippen LogP contribution in [0.25, 0.3) is 0 Å². The van der Waals surface area contributed by atoms with E-state index in [9.17, 15) is 17.6 Å². The largest absolute Gasteiger partial charge is 0.379 e. The van der Waals surface area contributed by atoms with Crippen molar-refractivity contribution in [1.82, 2.24) is 14.1 Å². The Balaban J connectivity index is 1.58. The molecule has 0 saturated carbocycles. The smallest absolute Gasteiger partial charge is 0.243 e. The summed E-state index contributed by atoms with van der Waals surface area (Å²) in [4.78, 5) is 18.8.